The van der Waals surface area contributed by atoms with E-state index < -0.39 is 0 Å². The van der Waals surface area contributed by atoms with Crippen LogP contribution in [0.1, 0.15) is 33.4 Å². The van der Waals surface area contributed by atoms with Crippen LogP contribution >= 0.6 is 0 Å². The first-order valence-corrected chi connectivity index (χ1v) is 11.8. The van der Waals surface area contributed by atoms with Crippen LogP contribution in [0.3, 0.4) is 0 Å². The van der Waals surface area contributed by atoms with Crippen molar-refractivity contribution in [2.45, 2.75) is 19.3 Å². The van der Waals surface area contributed by atoms with E-state index >= 15 is 0 Å². The lowest BCUT2D eigenvalue weighted by molar-refractivity contribution is 0.564. The summed E-state index contributed by atoms with van der Waals surface area (Å²) in [6.45, 7) is 0. The Morgan fingerprint density at radius 3 is 1.13 bits per heavy atom. The van der Waals surface area contributed by atoms with Crippen molar-refractivity contribution in [2.75, 3.05) is 0 Å². The summed E-state index contributed by atoms with van der Waals surface area (Å²) < 4.78 is 0. The van der Waals surface area contributed by atoms with Gasteiger partial charge in [0, 0.05) is 0 Å². The highest BCUT2D eigenvalue weighted by Crippen LogP contribution is 2.28. The van der Waals surface area contributed by atoms with Crippen LogP contribution in [0.5, 0.6) is 0 Å². The molecule has 0 saturated heterocycles. The molecule has 0 N–H and O–H groups in total. The van der Waals surface area contributed by atoms with Crippen LogP contribution in [0.15, 0.2) is 105 Å². The van der Waals surface area contributed by atoms with E-state index in [1.807, 2.05) is 48.5 Å². The number of rotatable bonds is 10. The summed E-state index contributed by atoms with van der Waals surface area (Å²) >= 11 is 0. The standard InChI is InChI=1S/C31H20N4O4/c36-18-32-28-7-1-22(2-8-28)14-26-16-24(5-11-30(26)34-20-38)13-25-6-12-31(35-21-39)27(17-25)15-23-3-9-29(10-4-23)33-19-37/h1-12,16-17H,13-15H2. The number of carbonyl (C=O) groups excluding carboxylic acids is 4. The molecular formula is C31H20N4O4. The summed E-state index contributed by atoms with van der Waals surface area (Å²) in [6, 6.07) is 25.7. The summed E-state index contributed by atoms with van der Waals surface area (Å²) in [4.78, 5) is 57.9. The van der Waals surface area contributed by atoms with Crippen molar-refractivity contribution in [3.05, 3.63) is 118 Å². The molecule has 0 aliphatic rings. The molecule has 0 amide bonds. The van der Waals surface area contributed by atoms with Gasteiger partial charge in [0.15, 0.2) is 0 Å². The fraction of sp³-hybridized carbons (Fsp3) is 0.0968. The third-order valence-electron chi connectivity index (χ3n) is 6.04. The lowest BCUT2D eigenvalue weighted by atomic mass is 9.95. The van der Waals surface area contributed by atoms with Crippen molar-refractivity contribution < 1.29 is 19.2 Å². The minimum Gasteiger partial charge on any atom is -0.211 e. The smallest absolute Gasteiger partial charge is 0.211 e. The fourth-order valence-electron chi connectivity index (χ4n) is 4.25. The fourth-order valence-corrected chi connectivity index (χ4v) is 4.25. The third-order valence-corrected chi connectivity index (χ3v) is 6.04. The van der Waals surface area contributed by atoms with Crippen LogP contribution in [-0.2, 0) is 38.4 Å². The Balaban J connectivity index is 1.61. The monoisotopic (exact) mass is 512 g/mol. The zero-order valence-electron chi connectivity index (χ0n) is 20.6. The summed E-state index contributed by atoms with van der Waals surface area (Å²) in [6.07, 6.45) is 7.89. The van der Waals surface area contributed by atoms with Gasteiger partial charge >= 0.3 is 0 Å². The van der Waals surface area contributed by atoms with Crippen LogP contribution in [-0.4, -0.2) is 24.3 Å². The second kappa shape index (κ2) is 13.1. The van der Waals surface area contributed by atoms with E-state index in [0.717, 1.165) is 33.4 Å². The summed E-state index contributed by atoms with van der Waals surface area (Å²) in [5, 5.41) is 0. The Kier molecular flexibility index (Phi) is 8.88. The van der Waals surface area contributed by atoms with Crippen LogP contribution in [0.25, 0.3) is 0 Å². The van der Waals surface area contributed by atoms with E-state index in [-0.39, 0.29) is 0 Å². The Morgan fingerprint density at radius 1 is 0.410 bits per heavy atom. The molecule has 0 fully saturated rings. The number of hydrogen-bond acceptors (Lipinski definition) is 8. The van der Waals surface area contributed by atoms with Crippen LogP contribution in [0.2, 0.25) is 0 Å². The molecule has 8 nitrogen and oxygen atoms in total. The minimum absolute atomic E-state index is 0.511. The number of nitrogens with zero attached hydrogens (tertiary/aromatic N) is 4. The number of benzene rings is 4. The average Bonchev–Trinajstić information content (AvgIpc) is 2.94. The van der Waals surface area contributed by atoms with E-state index in [0.29, 0.717) is 42.0 Å². The maximum absolute atomic E-state index is 11.0. The van der Waals surface area contributed by atoms with E-state index in [1.165, 1.54) is 12.2 Å². The zero-order valence-corrected chi connectivity index (χ0v) is 20.6. The van der Waals surface area contributed by atoms with Crippen LogP contribution < -0.4 is 0 Å². The molecule has 0 saturated carbocycles. The summed E-state index contributed by atoms with van der Waals surface area (Å²) in [5.74, 6) is 0. The van der Waals surface area contributed by atoms with Crippen molar-refractivity contribution in [1.29, 1.82) is 0 Å². The molecular weight excluding hydrogens is 492 g/mol. The molecule has 0 unspecified atom stereocenters. The predicted molar refractivity (Wildman–Crippen MR) is 145 cm³/mol. The largest absolute Gasteiger partial charge is 0.240 e. The van der Waals surface area contributed by atoms with Gasteiger partial charge in [0.25, 0.3) is 0 Å². The van der Waals surface area contributed by atoms with Gasteiger partial charge in [-0.25, -0.2) is 19.2 Å². The molecule has 0 atom stereocenters. The Hall–Kier alpha value is -5.60. The third kappa shape index (κ3) is 7.22. The average molecular weight is 513 g/mol. The predicted octanol–water partition coefficient (Wildman–Crippen LogP) is 6.33. The summed E-state index contributed by atoms with van der Waals surface area (Å²) in [5.41, 5.74) is 7.71. The highest BCUT2D eigenvalue weighted by atomic mass is 16.1. The van der Waals surface area contributed by atoms with Crippen LogP contribution in [0.4, 0.5) is 22.7 Å². The molecule has 0 aliphatic carbocycles. The van der Waals surface area contributed by atoms with Gasteiger partial charge in [-0.15, -0.1) is 0 Å². The highest BCUT2D eigenvalue weighted by molar-refractivity contribution is 5.59. The number of aliphatic imine (C=N–C) groups is 4. The quantitative estimate of drug-likeness (QED) is 0.182. The van der Waals surface area contributed by atoms with Gasteiger partial charge in [-0.05, 0) is 89.0 Å². The molecule has 188 valence electrons. The normalized spacial score (nSPS) is 9.85. The van der Waals surface area contributed by atoms with E-state index in [4.69, 9.17) is 0 Å². The number of isocyanates is 4. The van der Waals surface area contributed by atoms with Gasteiger partial charge in [-0.2, -0.15) is 20.0 Å². The minimum atomic E-state index is 0.511. The molecule has 39 heavy (non-hydrogen) atoms. The molecule has 4 aromatic carbocycles. The van der Waals surface area contributed by atoms with Crippen molar-refractivity contribution in [3.63, 3.8) is 0 Å². The van der Waals surface area contributed by atoms with Gasteiger partial charge in [0.05, 0.1) is 22.7 Å². The van der Waals surface area contributed by atoms with E-state index in [9.17, 15) is 19.2 Å². The van der Waals surface area contributed by atoms with Gasteiger partial charge in [0.2, 0.25) is 24.3 Å². The van der Waals surface area contributed by atoms with E-state index in [2.05, 4.69) is 20.0 Å². The van der Waals surface area contributed by atoms with Gasteiger partial charge in [-0.3, -0.25) is 0 Å². The topological polar surface area (TPSA) is 118 Å². The molecule has 0 radical (unpaired) electrons. The van der Waals surface area contributed by atoms with Crippen molar-refractivity contribution in [1.82, 2.24) is 0 Å². The first-order chi connectivity index (χ1) is 19.1. The maximum atomic E-state index is 11.0. The molecule has 8 heteroatoms. The van der Waals surface area contributed by atoms with Gasteiger partial charge in [0.1, 0.15) is 0 Å². The molecule has 4 aromatic rings. The van der Waals surface area contributed by atoms with E-state index in [1.54, 1.807) is 48.6 Å². The Bertz CT molecular complexity index is 1560. The first-order valence-electron chi connectivity index (χ1n) is 11.8. The van der Waals surface area contributed by atoms with Gasteiger partial charge < -0.3 is 0 Å². The zero-order chi connectivity index (χ0) is 27.5. The van der Waals surface area contributed by atoms with Crippen LogP contribution in [0, 0.1) is 0 Å². The SMILES string of the molecule is O=C=Nc1ccc(Cc2cc(Cc3ccc(N=C=O)c(Cc4ccc(N=C=O)cc4)c3)ccc2N=C=O)cc1. The molecule has 0 aliphatic heterocycles. The lowest BCUT2D eigenvalue weighted by Crippen LogP contribution is -1.96. The van der Waals surface area contributed by atoms with Crippen molar-refractivity contribution >= 4 is 47.1 Å². The second-order valence-corrected chi connectivity index (χ2v) is 8.60. The van der Waals surface area contributed by atoms with Gasteiger partial charge in [-0.1, -0.05) is 48.5 Å². The Morgan fingerprint density at radius 2 is 0.769 bits per heavy atom. The lowest BCUT2D eigenvalue weighted by Gasteiger charge is -2.11. The molecule has 0 bridgehead atoms. The second-order valence-electron chi connectivity index (χ2n) is 8.60. The molecule has 0 aromatic heterocycles. The highest BCUT2D eigenvalue weighted by Gasteiger charge is 2.10. The molecule has 4 rings (SSSR count). The summed E-state index contributed by atoms with van der Waals surface area (Å²) in [7, 11) is 0. The Labute approximate surface area is 223 Å². The molecule has 0 spiro atoms. The number of hydrogen-bond donors (Lipinski definition) is 0. The molecule has 0 heterocycles. The van der Waals surface area contributed by atoms with Crippen molar-refractivity contribution in [2.24, 2.45) is 20.0 Å². The maximum Gasteiger partial charge on any atom is 0.240 e. The van der Waals surface area contributed by atoms with Crippen molar-refractivity contribution in [3.8, 4) is 0 Å². The first kappa shape index (κ1) is 26.5.